The molecule has 3 N–H and O–H groups in total. The quantitative estimate of drug-likeness (QED) is 0.665. The molecule has 0 amide bonds. The number of aliphatic hydroxyl groups is 1. The van der Waals surface area contributed by atoms with E-state index in [-0.39, 0.29) is 6.61 Å². The Labute approximate surface area is 117 Å². The third-order valence-corrected chi connectivity index (χ3v) is 3.48. The zero-order valence-corrected chi connectivity index (χ0v) is 11.1. The molecule has 3 aromatic rings. The minimum atomic E-state index is 0.0774. The SMILES string of the molecule is OCc1ccccc1CNCc1cccc2cn[nH]c12. The van der Waals surface area contributed by atoms with Gasteiger partial charge in [-0.15, -0.1) is 0 Å². The van der Waals surface area contributed by atoms with Gasteiger partial charge in [-0.1, -0.05) is 42.5 Å². The molecule has 3 rings (SSSR count). The fourth-order valence-corrected chi connectivity index (χ4v) is 2.39. The summed E-state index contributed by atoms with van der Waals surface area (Å²) < 4.78 is 0. The van der Waals surface area contributed by atoms with Crippen molar-refractivity contribution in [3.63, 3.8) is 0 Å². The fourth-order valence-electron chi connectivity index (χ4n) is 2.39. The van der Waals surface area contributed by atoms with Crippen LogP contribution in [0, 0.1) is 0 Å². The van der Waals surface area contributed by atoms with Crippen molar-refractivity contribution in [1.29, 1.82) is 0 Å². The van der Waals surface area contributed by atoms with Crippen molar-refractivity contribution in [2.75, 3.05) is 0 Å². The van der Waals surface area contributed by atoms with Gasteiger partial charge in [0.2, 0.25) is 0 Å². The Bertz CT molecular complexity index is 706. The molecule has 0 spiro atoms. The standard InChI is InChI=1S/C16H17N3O/c20-11-15-5-2-1-4-12(15)8-17-9-13-6-3-7-14-10-18-19-16(13)14/h1-7,10,17,20H,8-9,11H2,(H,18,19). The summed E-state index contributed by atoms with van der Waals surface area (Å²) in [5.74, 6) is 0. The summed E-state index contributed by atoms with van der Waals surface area (Å²) in [7, 11) is 0. The zero-order chi connectivity index (χ0) is 13.8. The molecule has 0 aliphatic heterocycles. The molecule has 4 heteroatoms. The number of H-pyrrole nitrogens is 1. The average Bonchev–Trinajstić information content (AvgIpc) is 2.97. The van der Waals surface area contributed by atoms with E-state index in [2.05, 4.69) is 21.6 Å². The second-order valence-electron chi connectivity index (χ2n) is 4.78. The van der Waals surface area contributed by atoms with Crippen LogP contribution in [-0.4, -0.2) is 15.3 Å². The molecule has 0 fully saturated rings. The van der Waals surface area contributed by atoms with Gasteiger partial charge in [-0.2, -0.15) is 5.10 Å². The topological polar surface area (TPSA) is 60.9 Å². The van der Waals surface area contributed by atoms with E-state index in [4.69, 9.17) is 0 Å². The lowest BCUT2D eigenvalue weighted by molar-refractivity contribution is 0.280. The molecule has 0 saturated carbocycles. The molecule has 0 aliphatic rings. The highest BCUT2D eigenvalue weighted by atomic mass is 16.3. The van der Waals surface area contributed by atoms with Crippen LogP contribution in [0.25, 0.3) is 10.9 Å². The number of nitrogens with one attached hydrogen (secondary N) is 2. The number of aromatic amines is 1. The van der Waals surface area contributed by atoms with Crippen molar-refractivity contribution in [2.24, 2.45) is 0 Å². The van der Waals surface area contributed by atoms with Gasteiger partial charge in [0.05, 0.1) is 18.3 Å². The van der Waals surface area contributed by atoms with Crippen LogP contribution >= 0.6 is 0 Å². The molecule has 2 aromatic carbocycles. The predicted molar refractivity (Wildman–Crippen MR) is 79.0 cm³/mol. The van der Waals surface area contributed by atoms with Crippen LogP contribution in [0.15, 0.2) is 48.7 Å². The molecule has 1 heterocycles. The lowest BCUT2D eigenvalue weighted by Gasteiger charge is -2.09. The molecule has 0 bridgehead atoms. The fraction of sp³-hybridized carbons (Fsp3) is 0.188. The minimum Gasteiger partial charge on any atom is -0.392 e. The Morgan fingerprint density at radius 3 is 2.55 bits per heavy atom. The summed E-state index contributed by atoms with van der Waals surface area (Å²) >= 11 is 0. The van der Waals surface area contributed by atoms with Crippen molar-refractivity contribution in [3.05, 3.63) is 65.4 Å². The van der Waals surface area contributed by atoms with Crippen molar-refractivity contribution < 1.29 is 5.11 Å². The Kier molecular flexibility index (Phi) is 3.76. The van der Waals surface area contributed by atoms with Gasteiger partial charge in [0, 0.05) is 18.5 Å². The first-order valence-electron chi connectivity index (χ1n) is 6.68. The van der Waals surface area contributed by atoms with E-state index in [9.17, 15) is 5.11 Å². The maximum Gasteiger partial charge on any atom is 0.0695 e. The maximum atomic E-state index is 9.31. The van der Waals surface area contributed by atoms with Gasteiger partial charge in [-0.05, 0) is 16.7 Å². The third-order valence-electron chi connectivity index (χ3n) is 3.48. The first kappa shape index (κ1) is 12.8. The molecule has 102 valence electrons. The van der Waals surface area contributed by atoms with Crippen molar-refractivity contribution in [1.82, 2.24) is 15.5 Å². The van der Waals surface area contributed by atoms with Crippen LogP contribution in [0.5, 0.6) is 0 Å². The average molecular weight is 267 g/mol. The summed E-state index contributed by atoms with van der Waals surface area (Å²) in [6.45, 7) is 1.58. The van der Waals surface area contributed by atoms with Gasteiger partial charge in [-0.25, -0.2) is 0 Å². The third kappa shape index (κ3) is 2.57. The van der Waals surface area contributed by atoms with Gasteiger partial charge in [0.1, 0.15) is 0 Å². The summed E-state index contributed by atoms with van der Waals surface area (Å²) in [5, 5.41) is 20.9. The van der Waals surface area contributed by atoms with E-state index in [1.807, 2.05) is 42.6 Å². The second kappa shape index (κ2) is 5.86. The Morgan fingerprint density at radius 1 is 0.950 bits per heavy atom. The zero-order valence-electron chi connectivity index (χ0n) is 11.1. The number of hydrogen-bond acceptors (Lipinski definition) is 3. The lowest BCUT2D eigenvalue weighted by Crippen LogP contribution is -2.14. The van der Waals surface area contributed by atoms with Crippen LogP contribution in [0.3, 0.4) is 0 Å². The van der Waals surface area contributed by atoms with E-state index in [0.717, 1.165) is 35.1 Å². The minimum absolute atomic E-state index is 0.0774. The number of aromatic nitrogens is 2. The molecule has 4 nitrogen and oxygen atoms in total. The molecule has 20 heavy (non-hydrogen) atoms. The highest BCUT2D eigenvalue weighted by Gasteiger charge is 2.03. The van der Waals surface area contributed by atoms with Crippen LogP contribution in [0.1, 0.15) is 16.7 Å². The number of nitrogens with zero attached hydrogens (tertiary/aromatic N) is 1. The van der Waals surface area contributed by atoms with E-state index in [1.165, 1.54) is 5.56 Å². The predicted octanol–water partition coefficient (Wildman–Crippen LogP) is 2.34. The summed E-state index contributed by atoms with van der Waals surface area (Å²) in [6.07, 6.45) is 1.83. The summed E-state index contributed by atoms with van der Waals surface area (Å²) in [6, 6.07) is 14.1. The van der Waals surface area contributed by atoms with Gasteiger partial charge in [0.25, 0.3) is 0 Å². The molecule has 0 unspecified atom stereocenters. The molecule has 1 aromatic heterocycles. The molecular formula is C16H17N3O. The summed E-state index contributed by atoms with van der Waals surface area (Å²) in [4.78, 5) is 0. The molecule has 0 atom stereocenters. The molecule has 0 aliphatic carbocycles. The number of hydrogen-bond donors (Lipinski definition) is 3. The Morgan fingerprint density at radius 2 is 1.70 bits per heavy atom. The van der Waals surface area contributed by atoms with E-state index >= 15 is 0 Å². The molecule has 0 saturated heterocycles. The van der Waals surface area contributed by atoms with Crippen LogP contribution in [0.4, 0.5) is 0 Å². The smallest absolute Gasteiger partial charge is 0.0695 e. The maximum absolute atomic E-state index is 9.31. The molecular weight excluding hydrogens is 250 g/mol. The van der Waals surface area contributed by atoms with Crippen LogP contribution in [0.2, 0.25) is 0 Å². The largest absolute Gasteiger partial charge is 0.392 e. The van der Waals surface area contributed by atoms with Gasteiger partial charge < -0.3 is 10.4 Å². The number of rotatable bonds is 5. The second-order valence-corrected chi connectivity index (χ2v) is 4.78. The van der Waals surface area contributed by atoms with Crippen LogP contribution < -0.4 is 5.32 Å². The molecule has 0 radical (unpaired) electrons. The highest BCUT2D eigenvalue weighted by Crippen LogP contribution is 2.15. The van der Waals surface area contributed by atoms with E-state index in [0.29, 0.717) is 0 Å². The normalized spacial score (nSPS) is 11.1. The first-order valence-corrected chi connectivity index (χ1v) is 6.68. The summed E-state index contributed by atoms with van der Waals surface area (Å²) in [5.41, 5.74) is 4.38. The van der Waals surface area contributed by atoms with Crippen molar-refractivity contribution in [2.45, 2.75) is 19.7 Å². The van der Waals surface area contributed by atoms with E-state index in [1.54, 1.807) is 0 Å². The number of aliphatic hydroxyl groups excluding tert-OH is 1. The monoisotopic (exact) mass is 267 g/mol. The number of para-hydroxylation sites is 1. The van der Waals surface area contributed by atoms with Gasteiger partial charge >= 0.3 is 0 Å². The van der Waals surface area contributed by atoms with Gasteiger partial charge in [0.15, 0.2) is 0 Å². The highest BCUT2D eigenvalue weighted by molar-refractivity contribution is 5.81. The van der Waals surface area contributed by atoms with Gasteiger partial charge in [-0.3, -0.25) is 5.10 Å². The Hall–Kier alpha value is -2.17. The van der Waals surface area contributed by atoms with Crippen molar-refractivity contribution >= 4 is 10.9 Å². The van der Waals surface area contributed by atoms with Crippen LogP contribution in [-0.2, 0) is 19.7 Å². The Balaban J connectivity index is 1.69. The number of fused-ring (bicyclic) bond motifs is 1. The first-order chi connectivity index (χ1) is 9.88. The lowest BCUT2D eigenvalue weighted by atomic mass is 10.1. The van der Waals surface area contributed by atoms with Crippen molar-refractivity contribution in [3.8, 4) is 0 Å². The van der Waals surface area contributed by atoms with E-state index < -0.39 is 0 Å². The number of benzene rings is 2.